The van der Waals surface area contributed by atoms with E-state index in [1.54, 1.807) is 4.68 Å². The zero-order chi connectivity index (χ0) is 14.7. The van der Waals surface area contributed by atoms with Gasteiger partial charge in [-0.05, 0) is 41.4 Å². The van der Waals surface area contributed by atoms with Gasteiger partial charge in [0.15, 0.2) is 5.78 Å². The number of nitrogens with two attached hydrogens (primary N) is 1. The highest BCUT2D eigenvalue weighted by Gasteiger charge is 2.17. The number of carbonyl (C=O) groups excluding carboxylic acids is 1. The molecule has 5 heteroatoms. The van der Waals surface area contributed by atoms with Crippen LogP contribution in [0.4, 0.5) is 0 Å². The van der Waals surface area contributed by atoms with Gasteiger partial charge in [0.2, 0.25) is 0 Å². The molecule has 106 valence electrons. The minimum Gasteiger partial charge on any atom is -0.330 e. The Morgan fingerprint density at radius 1 is 1.40 bits per heavy atom. The van der Waals surface area contributed by atoms with Crippen molar-refractivity contribution >= 4 is 21.7 Å². The highest BCUT2D eigenvalue weighted by Crippen LogP contribution is 2.22. The lowest BCUT2D eigenvalue weighted by molar-refractivity contribution is 0.0989. The van der Waals surface area contributed by atoms with Gasteiger partial charge in [0, 0.05) is 12.6 Å². The molecule has 1 aromatic heterocycles. The van der Waals surface area contributed by atoms with Crippen molar-refractivity contribution in [2.45, 2.75) is 19.8 Å². The van der Waals surface area contributed by atoms with E-state index in [1.165, 1.54) is 0 Å². The average molecular weight is 336 g/mol. The lowest BCUT2D eigenvalue weighted by Gasteiger charge is -2.08. The third kappa shape index (κ3) is 2.99. The SMILES string of the molecule is Cc1nn(C)c(CC(=O)c2ccccc2CCN)c1Br. The van der Waals surface area contributed by atoms with Crippen LogP contribution in [0.1, 0.15) is 27.3 Å². The van der Waals surface area contributed by atoms with Gasteiger partial charge in [-0.1, -0.05) is 24.3 Å². The quantitative estimate of drug-likeness (QED) is 0.853. The van der Waals surface area contributed by atoms with Crippen molar-refractivity contribution in [1.29, 1.82) is 0 Å². The highest BCUT2D eigenvalue weighted by molar-refractivity contribution is 9.10. The van der Waals surface area contributed by atoms with Gasteiger partial charge < -0.3 is 5.73 Å². The molecule has 1 heterocycles. The van der Waals surface area contributed by atoms with Crippen molar-refractivity contribution in [2.75, 3.05) is 6.54 Å². The Hall–Kier alpha value is -1.46. The van der Waals surface area contributed by atoms with E-state index in [0.717, 1.165) is 27.0 Å². The van der Waals surface area contributed by atoms with Gasteiger partial charge in [0.25, 0.3) is 0 Å². The molecule has 2 aromatic rings. The summed E-state index contributed by atoms with van der Waals surface area (Å²) in [5.74, 6) is 0.0951. The summed E-state index contributed by atoms with van der Waals surface area (Å²) in [4.78, 5) is 12.5. The molecule has 2 N–H and O–H groups in total. The first-order chi connectivity index (χ1) is 9.54. The maximum Gasteiger partial charge on any atom is 0.169 e. The molecular formula is C15H18BrN3O. The largest absolute Gasteiger partial charge is 0.330 e. The van der Waals surface area contributed by atoms with Gasteiger partial charge in [-0.2, -0.15) is 5.10 Å². The Morgan fingerprint density at radius 2 is 2.10 bits per heavy atom. The first kappa shape index (κ1) is 14.9. The molecule has 0 saturated carbocycles. The van der Waals surface area contributed by atoms with Crippen LogP contribution >= 0.6 is 15.9 Å². The number of hydrogen-bond acceptors (Lipinski definition) is 3. The summed E-state index contributed by atoms with van der Waals surface area (Å²) in [5.41, 5.74) is 9.16. The lowest BCUT2D eigenvalue weighted by atomic mass is 9.98. The van der Waals surface area contributed by atoms with Gasteiger partial charge in [-0.15, -0.1) is 0 Å². The van der Waals surface area contributed by atoms with Crippen LogP contribution in [-0.4, -0.2) is 22.1 Å². The van der Waals surface area contributed by atoms with Crippen LogP contribution in [0, 0.1) is 6.92 Å². The maximum atomic E-state index is 12.5. The Balaban J connectivity index is 2.29. The molecule has 0 aliphatic carbocycles. The van der Waals surface area contributed by atoms with Crippen LogP contribution < -0.4 is 5.73 Å². The number of halogens is 1. The van der Waals surface area contributed by atoms with Crippen molar-refractivity contribution in [3.05, 3.63) is 51.3 Å². The number of hydrogen-bond donors (Lipinski definition) is 1. The number of rotatable bonds is 5. The van der Waals surface area contributed by atoms with E-state index < -0.39 is 0 Å². The smallest absolute Gasteiger partial charge is 0.169 e. The minimum atomic E-state index is 0.0951. The Morgan fingerprint density at radius 3 is 2.70 bits per heavy atom. The summed E-state index contributed by atoms with van der Waals surface area (Å²) >= 11 is 3.50. The van der Waals surface area contributed by atoms with E-state index in [1.807, 2.05) is 38.2 Å². The molecule has 0 radical (unpaired) electrons. The summed E-state index contributed by atoms with van der Waals surface area (Å²) in [6.07, 6.45) is 1.05. The summed E-state index contributed by atoms with van der Waals surface area (Å²) in [7, 11) is 1.85. The molecule has 0 atom stereocenters. The minimum absolute atomic E-state index is 0.0951. The van der Waals surface area contributed by atoms with Gasteiger partial charge in [-0.3, -0.25) is 9.48 Å². The molecule has 0 unspecified atom stereocenters. The van der Waals surface area contributed by atoms with Crippen molar-refractivity contribution in [2.24, 2.45) is 12.8 Å². The second-order valence-electron chi connectivity index (χ2n) is 4.77. The normalized spacial score (nSPS) is 10.8. The number of nitrogens with zero attached hydrogens (tertiary/aromatic N) is 2. The predicted molar refractivity (Wildman–Crippen MR) is 82.9 cm³/mol. The maximum absolute atomic E-state index is 12.5. The van der Waals surface area contributed by atoms with E-state index in [0.29, 0.717) is 19.4 Å². The molecule has 0 saturated heterocycles. The molecule has 0 amide bonds. The van der Waals surface area contributed by atoms with Gasteiger partial charge in [0.05, 0.1) is 22.3 Å². The number of carbonyl (C=O) groups is 1. The predicted octanol–water partition coefficient (Wildman–Crippen LogP) is 2.42. The molecule has 20 heavy (non-hydrogen) atoms. The molecule has 4 nitrogen and oxygen atoms in total. The zero-order valence-electron chi connectivity index (χ0n) is 11.7. The standard InChI is InChI=1S/C15H18BrN3O/c1-10-15(16)13(19(2)18-10)9-14(20)12-6-4-3-5-11(12)7-8-17/h3-6H,7-9,17H2,1-2H3. The van der Waals surface area contributed by atoms with E-state index in [4.69, 9.17) is 5.73 Å². The monoisotopic (exact) mass is 335 g/mol. The van der Waals surface area contributed by atoms with E-state index in [9.17, 15) is 4.79 Å². The molecule has 0 spiro atoms. The van der Waals surface area contributed by atoms with E-state index in [-0.39, 0.29) is 5.78 Å². The summed E-state index contributed by atoms with van der Waals surface area (Å²) in [5, 5.41) is 4.31. The van der Waals surface area contributed by atoms with Crippen LogP contribution in [0.25, 0.3) is 0 Å². The molecular weight excluding hydrogens is 318 g/mol. The van der Waals surface area contributed by atoms with Gasteiger partial charge in [-0.25, -0.2) is 0 Å². The fourth-order valence-electron chi connectivity index (χ4n) is 2.29. The third-order valence-corrected chi connectivity index (χ3v) is 4.35. The van der Waals surface area contributed by atoms with E-state index >= 15 is 0 Å². The van der Waals surface area contributed by atoms with Gasteiger partial charge in [0.1, 0.15) is 0 Å². The van der Waals surface area contributed by atoms with Crippen molar-refractivity contribution in [3.63, 3.8) is 0 Å². The molecule has 2 rings (SSSR count). The number of Topliss-reactive ketones (excluding diaryl/α,β-unsaturated/α-hetero) is 1. The number of aromatic nitrogens is 2. The second kappa shape index (κ2) is 6.33. The van der Waals surface area contributed by atoms with Crippen LogP contribution in [0.2, 0.25) is 0 Å². The summed E-state index contributed by atoms with van der Waals surface area (Å²) < 4.78 is 2.66. The molecule has 0 aliphatic heterocycles. The van der Waals surface area contributed by atoms with Crippen molar-refractivity contribution < 1.29 is 4.79 Å². The Kier molecular flexibility index (Phi) is 4.73. The van der Waals surface area contributed by atoms with Crippen LogP contribution in [0.3, 0.4) is 0 Å². The van der Waals surface area contributed by atoms with Crippen LogP contribution in [-0.2, 0) is 19.9 Å². The molecule has 0 fully saturated rings. The van der Waals surface area contributed by atoms with Crippen LogP contribution in [0.15, 0.2) is 28.7 Å². The second-order valence-corrected chi connectivity index (χ2v) is 5.56. The number of aryl methyl sites for hydroxylation is 2. The van der Waals surface area contributed by atoms with Crippen molar-refractivity contribution in [1.82, 2.24) is 9.78 Å². The first-order valence-corrected chi connectivity index (χ1v) is 7.33. The molecule has 0 bridgehead atoms. The van der Waals surface area contributed by atoms with E-state index in [2.05, 4.69) is 21.0 Å². The fourth-order valence-corrected chi connectivity index (χ4v) is 2.76. The van der Waals surface area contributed by atoms with Crippen LogP contribution in [0.5, 0.6) is 0 Å². The third-order valence-electron chi connectivity index (χ3n) is 3.32. The average Bonchev–Trinajstić information content (AvgIpc) is 2.66. The number of ketones is 1. The topological polar surface area (TPSA) is 60.9 Å². The lowest BCUT2D eigenvalue weighted by Crippen LogP contribution is -2.12. The molecule has 0 aliphatic rings. The first-order valence-electron chi connectivity index (χ1n) is 6.53. The summed E-state index contributed by atoms with van der Waals surface area (Å²) in [6.45, 7) is 2.46. The number of benzene rings is 1. The molecule has 1 aromatic carbocycles. The Bertz CT molecular complexity index is 634. The zero-order valence-corrected chi connectivity index (χ0v) is 13.3. The fraction of sp³-hybridized carbons (Fsp3) is 0.333. The van der Waals surface area contributed by atoms with Gasteiger partial charge >= 0.3 is 0 Å². The Labute approximate surface area is 127 Å². The summed E-state index contributed by atoms with van der Waals surface area (Å²) in [6, 6.07) is 7.65. The highest BCUT2D eigenvalue weighted by atomic mass is 79.9. The van der Waals surface area contributed by atoms with Crippen molar-refractivity contribution in [3.8, 4) is 0 Å².